The van der Waals surface area contributed by atoms with Crippen molar-refractivity contribution in [2.75, 3.05) is 0 Å². The standard InChI is InChI=1S/C48H28N4O/c1-2-13-30-28-31(25-24-29(30)12-1)51-41-22-9-5-17-37(41)44-42(51)27-26-34-32-14-4-8-21-40(32)52(46(34)44)48-49-39-20-7-3-16-36(39)45(50-48)38-19-11-18-35-33-15-6-10-23-43(33)53-47(35)38/h1-28H. The molecule has 12 rings (SSSR count). The van der Waals surface area contributed by atoms with Crippen molar-refractivity contribution in [1.29, 1.82) is 0 Å². The van der Waals surface area contributed by atoms with E-state index in [1.807, 2.05) is 18.2 Å². The Morgan fingerprint density at radius 3 is 2.02 bits per heavy atom. The topological polar surface area (TPSA) is 48.8 Å². The minimum atomic E-state index is 0.619. The van der Waals surface area contributed by atoms with Crippen LogP contribution in [-0.4, -0.2) is 19.1 Å². The van der Waals surface area contributed by atoms with Gasteiger partial charge < -0.3 is 8.98 Å². The molecule has 0 amide bonds. The lowest BCUT2D eigenvalue weighted by atomic mass is 10.0. The molecule has 0 atom stereocenters. The van der Waals surface area contributed by atoms with Crippen LogP contribution in [0.15, 0.2) is 174 Å². The molecule has 0 aliphatic heterocycles. The minimum absolute atomic E-state index is 0.619. The molecule has 0 saturated carbocycles. The molecule has 53 heavy (non-hydrogen) atoms. The number of rotatable bonds is 3. The first-order chi connectivity index (χ1) is 26.3. The van der Waals surface area contributed by atoms with Gasteiger partial charge in [-0.25, -0.2) is 9.97 Å². The van der Waals surface area contributed by atoms with Crippen LogP contribution >= 0.6 is 0 Å². The van der Waals surface area contributed by atoms with Gasteiger partial charge in [0.05, 0.1) is 33.3 Å². The molecule has 246 valence electrons. The summed E-state index contributed by atoms with van der Waals surface area (Å²) in [5.41, 5.74) is 9.89. The summed E-state index contributed by atoms with van der Waals surface area (Å²) in [5.74, 6) is 0.619. The van der Waals surface area contributed by atoms with Gasteiger partial charge >= 0.3 is 0 Å². The summed E-state index contributed by atoms with van der Waals surface area (Å²) in [6.45, 7) is 0. The maximum absolute atomic E-state index is 6.57. The number of fused-ring (bicyclic) bond motifs is 12. The number of hydrogen-bond donors (Lipinski definition) is 0. The van der Waals surface area contributed by atoms with Crippen molar-refractivity contribution in [3.8, 4) is 22.9 Å². The summed E-state index contributed by atoms with van der Waals surface area (Å²) in [6, 6.07) is 60.0. The number of benzene rings is 8. The van der Waals surface area contributed by atoms with Crippen LogP contribution in [0.5, 0.6) is 0 Å². The fraction of sp³-hybridized carbons (Fsp3) is 0. The maximum Gasteiger partial charge on any atom is 0.235 e. The molecule has 4 aromatic heterocycles. The van der Waals surface area contributed by atoms with Crippen molar-refractivity contribution in [3.05, 3.63) is 170 Å². The summed E-state index contributed by atoms with van der Waals surface area (Å²) in [7, 11) is 0. The van der Waals surface area contributed by atoms with E-state index in [2.05, 4.69) is 161 Å². The summed E-state index contributed by atoms with van der Waals surface area (Å²) in [6.07, 6.45) is 0. The molecule has 5 heteroatoms. The molecule has 5 nitrogen and oxygen atoms in total. The summed E-state index contributed by atoms with van der Waals surface area (Å²) < 4.78 is 11.2. The zero-order valence-corrected chi connectivity index (χ0v) is 28.4. The second-order valence-electron chi connectivity index (χ2n) is 13.8. The van der Waals surface area contributed by atoms with Crippen molar-refractivity contribution in [3.63, 3.8) is 0 Å². The summed E-state index contributed by atoms with van der Waals surface area (Å²) >= 11 is 0. The van der Waals surface area contributed by atoms with E-state index in [0.29, 0.717) is 5.95 Å². The molecule has 8 aromatic carbocycles. The summed E-state index contributed by atoms with van der Waals surface area (Å²) in [5, 5.41) is 10.2. The molecule has 0 bridgehead atoms. The van der Waals surface area contributed by atoms with E-state index in [1.165, 1.54) is 21.5 Å². The Labute approximate surface area is 302 Å². The fourth-order valence-electron chi connectivity index (χ4n) is 8.61. The Morgan fingerprint density at radius 1 is 0.434 bits per heavy atom. The molecule has 0 N–H and O–H groups in total. The molecule has 0 aliphatic rings. The van der Waals surface area contributed by atoms with E-state index in [-0.39, 0.29) is 0 Å². The lowest BCUT2D eigenvalue weighted by Crippen LogP contribution is -2.04. The molecule has 4 heterocycles. The summed E-state index contributed by atoms with van der Waals surface area (Å²) in [4.78, 5) is 10.8. The van der Waals surface area contributed by atoms with Gasteiger partial charge in [-0.05, 0) is 59.3 Å². The van der Waals surface area contributed by atoms with Crippen LogP contribution in [0, 0.1) is 0 Å². The quantitative estimate of drug-likeness (QED) is 0.187. The van der Waals surface area contributed by atoms with E-state index < -0.39 is 0 Å². The van der Waals surface area contributed by atoms with Gasteiger partial charge in [-0.3, -0.25) is 4.57 Å². The zero-order chi connectivity index (χ0) is 34.6. The Bertz CT molecular complexity index is 3470. The third kappa shape index (κ3) is 3.96. The van der Waals surface area contributed by atoms with Crippen molar-refractivity contribution < 1.29 is 4.42 Å². The molecule has 0 saturated heterocycles. The molecule has 0 radical (unpaired) electrons. The van der Waals surface area contributed by atoms with Crippen LogP contribution < -0.4 is 0 Å². The molecular weight excluding hydrogens is 649 g/mol. The molecule has 0 unspecified atom stereocenters. The highest BCUT2D eigenvalue weighted by atomic mass is 16.3. The Kier molecular flexibility index (Phi) is 5.71. The van der Waals surface area contributed by atoms with E-state index >= 15 is 0 Å². The minimum Gasteiger partial charge on any atom is -0.455 e. The molecule has 12 aromatic rings. The molecule has 0 fully saturated rings. The van der Waals surface area contributed by atoms with Gasteiger partial charge in [0, 0.05) is 49.0 Å². The highest BCUT2D eigenvalue weighted by molar-refractivity contribution is 6.26. The van der Waals surface area contributed by atoms with Gasteiger partial charge in [0.2, 0.25) is 5.95 Å². The predicted molar refractivity (Wildman–Crippen MR) is 218 cm³/mol. The zero-order valence-electron chi connectivity index (χ0n) is 28.4. The first-order valence-electron chi connectivity index (χ1n) is 17.9. The van der Waals surface area contributed by atoms with E-state index in [1.54, 1.807) is 0 Å². The van der Waals surface area contributed by atoms with Gasteiger partial charge in [0.25, 0.3) is 0 Å². The first-order valence-corrected chi connectivity index (χ1v) is 17.9. The average molecular weight is 677 g/mol. The van der Waals surface area contributed by atoms with Gasteiger partial charge in [-0.2, -0.15) is 0 Å². The van der Waals surface area contributed by atoms with Crippen LogP contribution in [0.1, 0.15) is 0 Å². The third-order valence-electron chi connectivity index (χ3n) is 10.9. The Morgan fingerprint density at radius 2 is 1.13 bits per heavy atom. The van der Waals surface area contributed by atoms with Gasteiger partial charge in [0.1, 0.15) is 11.2 Å². The van der Waals surface area contributed by atoms with Gasteiger partial charge in [-0.15, -0.1) is 0 Å². The number of furan rings is 1. The highest BCUT2D eigenvalue weighted by Crippen LogP contribution is 2.43. The van der Waals surface area contributed by atoms with E-state index in [9.17, 15) is 0 Å². The second-order valence-corrected chi connectivity index (χ2v) is 13.8. The lowest BCUT2D eigenvalue weighted by molar-refractivity contribution is 0.670. The van der Waals surface area contributed by atoms with Crippen molar-refractivity contribution >= 4 is 87.2 Å². The van der Waals surface area contributed by atoms with Crippen LogP contribution in [0.25, 0.3) is 110 Å². The number of aromatic nitrogens is 4. The second kappa shape index (κ2) is 10.6. The van der Waals surface area contributed by atoms with Crippen molar-refractivity contribution in [2.24, 2.45) is 0 Å². The van der Waals surface area contributed by atoms with Gasteiger partial charge in [0.15, 0.2) is 0 Å². The largest absolute Gasteiger partial charge is 0.455 e. The third-order valence-corrected chi connectivity index (χ3v) is 10.9. The first kappa shape index (κ1) is 28.5. The van der Waals surface area contributed by atoms with Gasteiger partial charge in [-0.1, -0.05) is 121 Å². The molecule has 0 aliphatic carbocycles. The number of hydrogen-bond acceptors (Lipinski definition) is 3. The maximum atomic E-state index is 6.57. The van der Waals surface area contributed by atoms with Crippen molar-refractivity contribution in [2.45, 2.75) is 0 Å². The lowest BCUT2D eigenvalue weighted by Gasteiger charge is -2.13. The molecular formula is C48H28N4O. The average Bonchev–Trinajstić information content (AvgIpc) is 3.88. The van der Waals surface area contributed by atoms with E-state index in [0.717, 1.165) is 82.6 Å². The number of para-hydroxylation sites is 5. The smallest absolute Gasteiger partial charge is 0.235 e. The Hall–Kier alpha value is -7.24. The Balaban J connectivity index is 1.22. The SMILES string of the molecule is c1ccc2cc(-n3c4ccccc4c4c3ccc3c5ccccc5n(-c5nc(-c6cccc7c6oc6ccccc67)c6ccccc6n5)c34)ccc2c1. The van der Waals surface area contributed by atoms with Crippen LogP contribution in [0.3, 0.4) is 0 Å². The fourth-order valence-corrected chi connectivity index (χ4v) is 8.61. The monoisotopic (exact) mass is 676 g/mol. The molecule has 0 spiro atoms. The highest BCUT2D eigenvalue weighted by Gasteiger charge is 2.24. The number of nitrogens with zero attached hydrogens (tertiary/aromatic N) is 4. The van der Waals surface area contributed by atoms with Crippen LogP contribution in [0.4, 0.5) is 0 Å². The predicted octanol–water partition coefficient (Wildman–Crippen LogP) is 12.5. The van der Waals surface area contributed by atoms with Crippen molar-refractivity contribution in [1.82, 2.24) is 19.1 Å². The van der Waals surface area contributed by atoms with E-state index in [4.69, 9.17) is 14.4 Å². The normalized spacial score (nSPS) is 12.2. The van der Waals surface area contributed by atoms with Crippen LogP contribution in [-0.2, 0) is 0 Å². The van der Waals surface area contributed by atoms with Crippen LogP contribution in [0.2, 0.25) is 0 Å².